The van der Waals surface area contributed by atoms with Crippen LogP contribution < -0.4 is 5.32 Å². The Bertz CT molecular complexity index is 377. The fourth-order valence-electron chi connectivity index (χ4n) is 2.09. The van der Waals surface area contributed by atoms with E-state index in [1.807, 2.05) is 0 Å². The molecule has 0 unspecified atom stereocenters. The predicted octanol–water partition coefficient (Wildman–Crippen LogP) is 2.25. The summed E-state index contributed by atoms with van der Waals surface area (Å²) < 4.78 is 13.7. The number of piperidine rings is 1. The Hall–Kier alpha value is -0.450. The lowest BCUT2D eigenvalue weighted by Gasteiger charge is -2.33. The first-order chi connectivity index (χ1) is 7.59. The van der Waals surface area contributed by atoms with Crippen LogP contribution in [0.4, 0.5) is 4.39 Å². The Morgan fingerprint density at radius 2 is 2.06 bits per heavy atom. The molecule has 4 heteroatoms. The minimum atomic E-state index is -0.647. The number of aliphatic hydroxyl groups is 1. The molecule has 0 aromatic heterocycles. The molecule has 2 rings (SSSR count). The van der Waals surface area contributed by atoms with Gasteiger partial charge in [-0.15, -0.1) is 0 Å². The second-order valence-electron chi connectivity index (χ2n) is 4.39. The lowest BCUT2D eigenvalue weighted by Crippen LogP contribution is -2.43. The molecule has 2 nitrogen and oxygen atoms in total. The maximum atomic E-state index is 12.9. The average Bonchev–Trinajstić information content (AvgIpc) is 2.23. The van der Waals surface area contributed by atoms with Gasteiger partial charge in [0, 0.05) is 10.9 Å². The van der Waals surface area contributed by atoms with E-state index in [1.54, 1.807) is 6.07 Å². The Morgan fingerprint density at radius 3 is 2.69 bits per heavy atom. The van der Waals surface area contributed by atoms with Gasteiger partial charge >= 0.3 is 0 Å². The Morgan fingerprint density at radius 1 is 1.38 bits per heavy atom. The van der Waals surface area contributed by atoms with Gasteiger partial charge in [0.25, 0.3) is 0 Å². The van der Waals surface area contributed by atoms with Crippen molar-refractivity contribution >= 4 is 15.9 Å². The SMILES string of the molecule is OC1(Cc2ccc(F)cc2Br)CCNCC1. The van der Waals surface area contributed by atoms with Crippen molar-refractivity contribution in [3.05, 3.63) is 34.1 Å². The van der Waals surface area contributed by atoms with E-state index in [0.29, 0.717) is 6.42 Å². The van der Waals surface area contributed by atoms with E-state index in [-0.39, 0.29) is 5.82 Å². The first kappa shape index (κ1) is 12.0. The van der Waals surface area contributed by atoms with Gasteiger partial charge in [0.1, 0.15) is 5.82 Å². The number of hydrogen-bond donors (Lipinski definition) is 2. The summed E-state index contributed by atoms with van der Waals surface area (Å²) in [5, 5.41) is 13.6. The number of rotatable bonds is 2. The average molecular weight is 288 g/mol. The van der Waals surface area contributed by atoms with Gasteiger partial charge < -0.3 is 10.4 Å². The van der Waals surface area contributed by atoms with Crippen molar-refractivity contribution in [1.29, 1.82) is 0 Å². The van der Waals surface area contributed by atoms with Crippen molar-refractivity contribution in [2.75, 3.05) is 13.1 Å². The van der Waals surface area contributed by atoms with Crippen LogP contribution in [0.25, 0.3) is 0 Å². The largest absolute Gasteiger partial charge is 0.389 e. The monoisotopic (exact) mass is 287 g/mol. The zero-order chi connectivity index (χ0) is 11.6. The van der Waals surface area contributed by atoms with E-state index < -0.39 is 5.60 Å². The van der Waals surface area contributed by atoms with Gasteiger partial charge in [0.05, 0.1) is 5.60 Å². The van der Waals surface area contributed by atoms with Crippen LogP contribution in [0.3, 0.4) is 0 Å². The third-order valence-electron chi connectivity index (χ3n) is 3.07. The van der Waals surface area contributed by atoms with Gasteiger partial charge in [0.2, 0.25) is 0 Å². The summed E-state index contributed by atoms with van der Waals surface area (Å²) >= 11 is 3.33. The second kappa shape index (κ2) is 4.82. The van der Waals surface area contributed by atoms with E-state index in [4.69, 9.17) is 0 Å². The first-order valence-corrected chi connectivity index (χ1v) is 6.25. The molecule has 1 saturated heterocycles. The number of benzene rings is 1. The molecule has 1 aromatic rings. The normalized spacial score (nSPS) is 19.7. The van der Waals surface area contributed by atoms with Crippen LogP contribution in [0, 0.1) is 5.82 Å². The van der Waals surface area contributed by atoms with Gasteiger partial charge in [-0.1, -0.05) is 22.0 Å². The summed E-state index contributed by atoms with van der Waals surface area (Å²) in [6.45, 7) is 1.69. The molecule has 0 amide bonds. The molecule has 0 spiro atoms. The van der Waals surface area contributed by atoms with Crippen molar-refractivity contribution in [3.8, 4) is 0 Å². The van der Waals surface area contributed by atoms with Crippen molar-refractivity contribution in [2.45, 2.75) is 24.9 Å². The molecular weight excluding hydrogens is 273 g/mol. The van der Waals surface area contributed by atoms with E-state index in [9.17, 15) is 9.50 Å². The minimum absolute atomic E-state index is 0.257. The van der Waals surface area contributed by atoms with Gasteiger partial charge in [-0.3, -0.25) is 0 Å². The highest BCUT2D eigenvalue weighted by Crippen LogP contribution is 2.27. The summed E-state index contributed by atoms with van der Waals surface area (Å²) in [6.07, 6.45) is 2.07. The van der Waals surface area contributed by atoms with Crippen LogP contribution in [0.2, 0.25) is 0 Å². The van der Waals surface area contributed by atoms with Crippen LogP contribution >= 0.6 is 15.9 Å². The summed E-state index contributed by atoms with van der Waals surface area (Å²) in [5.41, 5.74) is 0.316. The van der Waals surface area contributed by atoms with Crippen LogP contribution in [0.1, 0.15) is 18.4 Å². The molecular formula is C12H15BrFNO. The zero-order valence-electron chi connectivity index (χ0n) is 8.97. The lowest BCUT2D eigenvalue weighted by molar-refractivity contribution is 0.0107. The molecule has 0 atom stereocenters. The highest BCUT2D eigenvalue weighted by molar-refractivity contribution is 9.10. The van der Waals surface area contributed by atoms with Gasteiger partial charge in [-0.05, 0) is 43.6 Å². The molecule has 1 heterocycles. The molecule has 88 valence electrons. The van der Waals surface area contributed by atoms with Crippen molar-refractivity contribution in [2.24, 2.45) is 0 Å². The molecule has 1 aliphatic heterocycles. The second-order valence-corrected chi connectivity index (χ2v) is 5.24. The summed E-state index contributed by atoms with van der Waals surface area (Å²) in [7, 11) is 0. The number of hydrogen-bond acceptors (Lipinski definition) is 2. The van der Waals surface area contributed by atoms with Crippen LogP contribution in [0.15, 0.2) is 22.7 Å². The number of halogens is 2. The lowest BCUT2D eigenvalue weighted by atomic mass is 9.86. The molecule has 1 aromatic carbocycles. The maximum Gasteiger partial charge on any atom is 0.124 e. The Labute approximate surface area is 103 Å². The zero-order valence-corrected chi connectivity index (χ0v) is 10.6. The van der Waals surface area contributed by atoms with E-state index in [0.717, 1.165) is 36.0 Å². The number of nitrogens with one attached hydrogen (secondary N) is 1. The predicted molar refractivity (Wildman–Crippen MR) is 64.9 cm³/mol. The van der Waals surface area contributed by atoms with Gasteiger partial charge in [-0.25, -0.2) is 4.39 Å². The fraction of sp³-hybridized carbons (Fsp3) is 0.500. The van der Waals surface area contributed by atoms with Crippen LogP contribution in [-0.4, -0.2) is 23.8 Å². The summed E-state index contributed by atoms with van der Waals surface area (Å²) in [5.74, 6) is -0.257. The topological polar surface area (TPSA) is 32.3 Å². The smallest absolute Gasteiger partial charge is 0.124 e. The first-order valence-electron chi connectivity index (χ1n) is 5.46. The summed E-state index contributed by atoms with van der Waals surface area (Å²) in [4.78, 5) is 0. The fourth-order valence-corrected chi connectivity index (χ4v) is 2.58. The highest BCUT2D eigenvalue weighted by atomic mass is 79.9. The summed E-state index contributed by atoms with van der Waals surface area (Å²) in [6, 6.07) is 4.61. The molecule has 0 radical (unpaired) electrons. The Kier molecular flexibility index (Phi) is 3.62. The quantitative estimate of drug-likeness (QED) is 0.875. The third kappa shape index (κ3) is 2.81. The third-order valence-corrected chi connectivity index (χ3v) is 3.81. The standard InChI is InChI=1S/C12H15BrFNO/c13-11-7-10(14)2-1-9(11)8-12(16)3-5-15-6-4-12/h1-2,7,15-16H,3-6,8H2. The van der Waals surface area contributed by atoms with Crippen LogP contribution in [0.5, 0.6) is 0 Å². The Balaban J connectivity index is 2.13. The van der Waals surface area contributed by atoms with Crippen molar-refractivity contribution < 1.29 is 9.50 Å². The molecule has 0 aliphatic carbocycles. The maximum absolute atomic E-state index is 12.9. The van der Waals surface area contributed by atoms with E-state index >= 15 is 0 Å². The minimum Gasteiger partial charge on any atom is -0.389 e. The molecule has 16 heavy (non-hydrogen) atoms. The highest BCUT2D eigenvalue weighted by Gasteiger charge is 2.29. The molecule has 1 fully saturated rings. The van der Waals surface area contributed by atoms with Crippen LogP contribution in [-0.2, 0) is 6.42 Å². The van der Waals surface area contributed by atoms with Gasteiger partial charge in [-0.2, -0.15) is 0 Å². The van der Waals surface area contributed by atoms with Crippen molar-refractivity contribution in [3.63, 3.8) is 0 Å². The molecule has 0 saturated carbocycles. The van der Waals surface area contributed by atoms with E-state index in [2.05, 4.69) is 21.2 Å². The molecule has 2 N–H and O–H groups in total. The van der Waals surface area contributed by atoms with E-state index in [1.165, 1.54) is 12.1 Å². The van der Waals surface area contributed by atoms with Gasteiger partial charge in [0.15, 0.2) is 0 Å². The molecule has 1 aliphatic rings. The van der Waals surface area contributed by atoms with Crippen molar-refractivity contribution in [1.82, 2.24) is 5.32 Å². The molecule has 0 bridgehead atoms.